The van der Waals surface area contributed by atoms with Crippen molar-refractivity contribution in [2.75, 3.05) is 20.2 Å². The van der Waals surface area contributed by atoms with Gasteiger partial charge >= 0.3 is 0 Å². The van der Waals surface area contributed by atoms with E-state index >= 15 is 0 Å². The van der Waals surface area contributed by atoms with Crippen molar-refractivity contribution in [3.05, 3.63) is 33.8 Å². The molecule has 0 aromatic heterocycles. The summed E-state index contributed by atoms with van der Waals surface area (Å²) in [5.74, 6) is -2.46. The van der Waals surface area contributed by atoms with E-state index in [9.17, 15) is 13.6 Å². The lowest BCUT2D eigenvalue weighted by Gasteiger charge is -2.18. The lowest BCUT2D eigenvalue weighted by Crippen LogP contribution is -2.32. The maximum absolute atomic E-state index is 13.6. The predicted molar refractivity (Wildman–Crippen MR) is 72.1 cm³/mol. The van der Waals surface area contributed by atoms with Crippen molar-refractivity contribution >= 4 is 21.8 Å². The average Bonchev–Trinajstić information content (AvgIpc) is 2.26. The number of likely N-dealkylation sites (N-methyl/N-ethyl adjacent to an activating group) is 1. The summed E-state index contributed by atoms with van der Waals surface area (Å²) in [6.45, 7) is 4.33. The van der Waals surface area contributed by atoms with Crippen LogP contribution in [0.25, 0.3) is 0 Å². The van der Waals surface area contributed by atoms with Crippen LogP contribution in [-0.4, -0.2) is 37.1 Å². The van der Waals surface area contributed by atoms with Crippen LogP contribution >= 0.6 is 15.9 Å². The SMILES string of the molecule is CC(C)OCCN(C)C(=O)c1c(F)cc(Br)cc1F. The molecule has 106 valence electrons. The van der Waals surface area contributed by atoms with E-state index in [0.29, 0.717) is 6.61 Å². The number of carbonyl (C=O) groups excluding carboxylic acids is 1. The number of hydrogen-bond acceptors (Lipinski definition) is 2. The Hall–Kier alpha value is -1.01. The summed E-state index contributed by atoms with van der Waals surface area (Å²) in [6, 6.07) is 2.13. The first-order valence-corrected chi connectivity index (χ1v) is 6.63. The number of nitrogens with zero attached hydrogens (tertiary/aromatic N) is 1. The molecular formula is C13H16BrF2NO2. The van der Waals surface area contributed by atoms with E-state index < -0.39 is 23.1 Å². The fraction of sp³-hybridized carbons (Fsp3) is 0.462. The van der Waals surface area contributed by atoms with E-state index in [1.165, 1.54) is 11.9 Å². The molecule has 0 aliphatic carbocycles. The molecular weight excluding hydrogens is 320 g/mol. The standard InChI is InChI=1S/C13H16BrF2NO2/c1-8(2)19-5-4-17(3)13(18)12-10(15)6-9(14)7-11(12)16/h6-8H,4-5H2,1-3H3. The molecule has 0 fully saturated rings. The van der Waals surface area contributed by atoms with E-state index in [2.05, 4.69) is 15.9 Å². The van der Waals surface area contributed by atoms with Gasteiger partial charge in [0.2, 0.25) is 0 Å². The Bertz CT molecular complexity index is 443. The molecule has 0 bridgehead atoms. The second-order valence-corrected chi connectivity index (χ2v) is 5.31. The fourth-order valence-electron chi connectivity index (χ4n) is 1.46. The highest BCUT2D eigenvalue weighted by Crippen LogP contribution is 2.20. The highest BCUT2D eigenvalue weighted by molar-refractivity contribution is 9.10. The quantitative estimate of drug-likeness (QED) is 0.826. The largest absolute Gasteiger partial charge is 0.377 e. The number of carbonyl (C=O) groups is 1. The van der Waals surface area contributed by atoms with Gasteiger partial charge in [-0.15, -0.1) is 0 Å². The minimum Gasteiger partial charge on any atom is -0.377 e. The molecule has 0 unspecified atom stereocenters. The number of rotatable bonds is 5. The summed E-state index contributed by atoms with van der Waals surface area (Å²) >= 11 is 2.97. The zero-order valence-electron chi connectivity index (χ0n) is 11.0. The molecule has 1 aromatic carbocycles. The smallest absolute Gasteiger partial charge is 0.259 e. The highest BCUT2D eigenvalue weighted by Gasteiger charge is 2.21. The molecule has 0 spiro atoms. The Balaban J connectivity index is 2.77. The van der Waals surface area contributed by atoms with Gasteiger partial charge in [-0.3, -0.25) is 4.79 Å². The Morgan fingerprint density at radius 2 is 1.89 bits per heavy atom. The van der Waals surface area contributed by atoms with Crippen LogP contribution in [0.4, 0.5) is 8.78 Å². The van der Waals surface area contributed by atoms with Crippen LogP contribution in [0.15, 0.2) is 16.6 Å². The lowest BCUT2D eigenvalue weighted by molar-refractivity contribution is 0.0527. The fourth-order valence-corrected chi connectivity index (χ4v) is 1.87. The van der Waals surface area contributed by atoms with Gasteiger partial charge in [0.05, 0.1) is 12.7 Å². The van der Waals surface area contributed by atoms with Gasteiger partial charge in [0.1, 0.15) is 17.2 Å². The number of hydrogen-bond donors (Lipinski definition) is 0. The van der Waals surface area contributed by atoms with Crippen molar-refractivity contribution in [3.8, 4) is 0 Å². The number of ether oxygens (including phenoxy) is 1. The molecule has 0 N–H and O–H groups in total. The number of amides is 1. The Morgan fingerprint density at radius 1 is 1.37 bits per heavy atom. The highest BCUT2D eigenvalue weighted by atomic mass is 79.9. The van der Waals surface area contributed by atoms with Gasteiger partial charge in [-0.05, 0) is 26.0 Å². The van der Waals surface area contributed by atoms with Crippen molar-refractivity contribution in [2.45, 2.75) is 20.0 Å². The molecule has 0 saturated carbocycles. The van der Waals surface area contributed by atoms with Gasteiger partial charge in [0.25, 0.3) is 5.91 Å². The van der Waals surface area contributed by atoms with Crippen LogP contribution in [0.3, 0.4) is 0 Å². The maximum atomic E-state index is 13.6. The molecule has 1 aromatic rings. The van der Waals surface area contributed by atoms with Crippen molar-refractivity contribution in [2.24, 2.45) is 0 Å². The lowest BCUT2D eigenvalue weighted by atomic mass is 10.1. The average molecular weight is 336 g/mol. The third kappa shape index (κ3) is 4.54. The minimum atomic E-state index is -0.881. The molecule has 0 radical (unpaired) electrons. The molecule has 0 aliphatic rings. The van der Waals surface area contributed by atoms with Crippen molar-refractivity contribution in [1.29, 1.82) is 0 Å². The topological polar surface area (TPSA) is 29.5 Å². The van der Waals surface area contributed by atoms with Gasteiger partial charge < -0.3 is 9.64 Å². The summed E-state index contributed by atoms with van der Waals surface area (Å²) < 4.78 is 32.8. The Labute approximate surface area is 119 Å². The third-order valence-corrected chi connectivity index (χ3v) is 2.90. The van der Waals surface area contributed by atoms with E-state index in [4.69, 9.17) is 4.74 Å². The number of benzene rings is 1. The van der Waals surface area contributed by atoms with Crippen molar-refractivity contribution in [3.63, 3.8) is 0 Å². The van der Waals surface area contributed by atoms with Crippen LogP contribution in [0.5, 0.6) is 0 Å². The van der Waals surface area contributed by atoms with E-state index in [-0.39, 0.29) is 17.1 Å². The summed E-state index contributed by atoms with van der Waals surface area (Å²) in [6.07, 6.45) is 0.0460. The zero-order valence-corrected chi connectivity index (χ0v) is 12.6. The summed E-state index contributed by atoms with van der Waals surface area (Å²) in [4.78, 5) is 13.2. The summed E-state index contributed by atoms with van der Waals surface area (Å²) in [5, 5.41) is 0. The van der Waals surface area contributed by atoms with Gasteiger partial charge in [0, 0.05) is 18.1 Å². The van der Waals surface area contributed by atoms with E-state index in [1.807, 2.05) is 13.8 Å². The number of halogens is 3. The van der Waals surface area contributed by atoms with Gasteiger partial charge in [-0.1, -0.05) is 15.9 Å². The van der Waals surface area contributed by atoms with E-state index in [0.717, 1.165) is 12.1 Å². The molecule has 0 aliphatic heterocycles. The molecule has 0 saturated heterocycles. The van der Waals surface area contributed by atoms with Gasteiger partial charge in [-0.25, -0.2) is 8.78 Å². The van der Waals surface area contributed by atoms with Crippen LogP contribution < -0.4 is 0 Å². The third-order valence-electron chi connectivity index (χ3n) is 2.45. The normalized spacial score (nSPS) is 10.9. The first-order valence-electron chi connectivity index (χ1n) is 5.84. The molecule has 3 nitrogen and oxygen atoms in total. The minimum absolute atomic E-state index is 0.0460. The molecule has 19 heavy (non-hydrogen) atoms. The first-order chi connectivity index (χ1) is 8.82. The van der Waals surface area contributed by atoms with Crippen molar-refractivity contribution in [1.82, 2.24) is 4.90 Å². The molecule has 0 atom stereocenters. The monoisotopic (exact) mass is 335 g/mol. The van der Waals surface area contributed by atoms with Gasteiger partial charge in [0.15, 0.2) is 0 Å². The Morgan fingerprint density at radius 3 is 2.37 bits per heavy atom. The summed E-state index contributed by atoms with van der Waals surface area (Å²) in [7, 11) is 1.48. The second kappa shape index (κ2) is 6.96. The summed E-state index contributed by atoms with van der Waals surface area (Å²) in [5.41, 5.74) is -0.546. The molecule has 6 heteroatoms. The molecule has 1 rings (SSSR count). The van der Waals surface area contributed by atoms with Crippen LogP contribution in [0.2, 0.25) is 0 Å². The van der Waals surface area contributed by atoms with Crippen molar-refractivity contribution < 1.29 is 18.3 Å². The maximum Gasteiger partial charge on any atom is 0.259 e. The predicted octanol–water partition coefficient (Wildman–Crippen LogP) is 3.22. The molecule has 0 heterocycles. The van der Waals surface area contributed by atoms with Crippen LogP contribution in [-0.2, 0) is 4.74 Å². The van der Waals surface area contributed by atoms with Crippen LogP contribution in [0.1, 0.15) is 24.2 Å². The second-order valence-electron chi connectivity index (χ2n) is 4.39. The van der Waals surface area contributed by atoms with Crippen LogP contribution in [0, 0.1) is 11.6 Å². The van der Waals surface area contributed by atoms with Gasteiger partial charge in [-0.2, -0.15) is 0 Å². The molecule has 1 amide bonds. The van der Waals surface area contributed by atoms with E-state index in [1.54, 1.807) is 0 Å². The first kappa shape index (κ1) is 16.0. The zero-order chi connectivity index (χ0) is 14.6. The Kier molecular flexibility index (Phi) is 5.87.